The van der Waals surface area contributed by atoms with E-state index in [2.05, 4.69) is 30.6 Å². The van der Waals surface area contributed by atoms with Crippen molar-refractivity contribution in [2.24, 2.45) is 0 Å². The van der Waals surface area contributed by atoms with Crippen molar-refractivity contribution in [3.05, 3.63) is 0 Å². The van der Waals surface area contributed by atoms with Gasteiger partial charge in [0.1, 0.15) is 0 Å². The van der Waals surface area contributed by atoms with Crippen LogP contribution in [0.25, 0.3) is 0 Å². The van der Waals surface area contributed by atoms with Crippen LogP contribution >= 0.6 is 11.8 Å². The second kappa shape index (κ2) is 3.47. The fraction of sp³-hybridized carbons (Fsp3) is 1.00. The SMILES string of the molecule is CC1CCCN(C)CS1. The van der Waals surface area contributed by atoms with Gasteiger partial charge in [-0.1, -0.05) is 6.92 Å². The molecule has 0 saturated carbocycles. The molecule has 1 aliphatic heterocycles. The molecule has 0 aromatic heterocycles. The van der Waals surface area contributed by atoms with E-state index < -0.39 is 0 Å². The predicted octanol–water partition coefficient (Wildman–Crippen LogP) is 1.79. The zero-order valence-corrected chi connectivity index (χ0v) is 7.08. The van der Waals surface area contributed by atoms with Gasteiger partial charge in [-0.05, 0) is 26.4 Å². The van der Waals surface area contributed by atoms with E-state index >= 15 is 0 Å². The smallest absolute Gasteiger partial charge is 0.0443 e. The Kier molecular flexibility index (Phi) is 2.86. The predicted molar refractivity (Wildman–Crippen MR) is 43.8 cm³/mol. The van der Waals surface area contributed by atoms with Gasteiger partial charge < -0.3 is 0 Å². The summed E-state index contributed by atoms with van der Waals surface area (Å²) >= 11 is 2.07. The minimum absolute atomic E-state index is 0.884. The average molecular weight is 145 g/mol. The Morgan fingerprint density at radius 1 is 1.56 bits per heavy atom. The molecule has 0 aromatic carbocycles. The van der Waals surface area contributed by atoms with Crippen LogP contribution < -0.4 is 0 Å². The lowest BCUT2D eigenvalue weighted by Crippen LogP contribution is -2.16. The van der Waals surface area contributed by atoms with Crippen molar-refractivity contribution in [2.45, 2.75) is 25.0 Å². The summed E-state index contributed by atoms with van der Waals surface area (Å²) < 4.78 is 0. The van der Waals surface area contributed by atoms with Crippen LogP contribution in [0.4, 0.5) is 0 Å². The number of hydrogen-bond donors (Lipinski definition) is 0. The molecule has 1 rings (SSSR count). The van der Waals surface area contributed by atoms with Gasteiger partial charge in [0.2, 0.25) is 0 Å². The molecule has 0 N–H and O–H groups in total. The van der Waals surface area contributed by atoms with Crippen molar-refractivity contribution in [2.75, 3.05) is 19.5 Å². The molecule has 0 amide bonds. The molecule has 1 atom stereocenters. The number of nitrogens with zero attached hydrogens (tertiary/aromatic N) is 1. The quantitative estimate of drug-likeness (QED) is 0.511. The summed E-state index contributed by atoms with van der Waals surface area (Å²) in [6.45, 7) is 3.61. The highest BCUT2D eigenvalue weighted by Crippen LogP contribution is 2.20. The highest BCUT2D eigenvalue weighted by molar-refractivity contribution is 7.99. The topological polar surface area (TPSA) is 3.24 Å². The van der Waals surface area contributed by atoms with E-state index in [0.717, 1.165) is 5.25 Å². The monoisotopic (exact) mass is 145 g/mol. The van der Waals surface area contributed by atoms with Crippen LogP contribution in [0, 0.1) is 0 Å². The molecule has 0 spiro atoms. The van der Waals surface area contributed by atoms with Gasteiger partial charge in [0.05, 0.1) is 0 Å². The van der Waals surface area contributed by atoms with E-state index in [1.807, 2.05) is 0 Å². The van der Waals surface area contributed by atoms with E-state index in [-0.39, 0.29) is 0 Å². The van der Waals surface area contributed by atoms with Crippen LogP contribution in [0.1, 0.15) is 19.8 Å². The summed E-state index contributed by atoms with van der Waals surface area (Å²) in [5.74, 6) is 1.22. The Balaban J connectivity index is 2.25. The lowest BCUT2D eigenvalue weighted by Gasteiger charge is -2.10. The largest absolute Gasteiger partial charge is 0.297 e. The van der Waals surface area contributed by atoms with Crippen LogP contribution in [0.15, 0.2) is 0 Å². The number of hydrogen-bond acceptors (Lipinski definition) is 2. The molecule has 54 valence electrons. The maximum Gasteiger partial charge on any atom is 0.0443 e. The van der Waals surface area contributed by atoms with Gasteiger partial charge in [-0.25, -0.2) is 0 Å². The highest BCUT2D eigenvalue weighted by Gasteiger charge is 2.09. The van der Waals surface area contributed by atoms with Crippen LogP contribution in [-0.4, -0.2) is 29.6 Å². The first-order chi connectivity index (χ1) is 4.29. The van der Waals surface area contributed by atoms with E-state index in [0.29, 0.717) is 0 Å². The molecule has 1 aliphatic rings. The van der Waals surface area contributed by atoms with Crippen molar-refractivity contribution in [1.29, 1.82) is 0 Å². The summed E-state index contributed by atoms with van der Waals surface area (Å²) in [7, 11) is 2.20. The molecule has 1 unspecified atom stereocenters. The number of rotatable bonds is 0. The van der Waals surface area contributed by atoms with Crippen molar-refractivity contribution in [3.8, 4) is 0 Å². The molecule has 1 heterocycles. The van der Waals surface area contributed by atoms with Gasteiger partial charge in [-0.15, -0.1) is 11.8 Å². The Bertz CT molecular complexity index is 75.0. The standard InChI is InChI=1S/C7H15NS/c1-7-4-3-5-8(2)6-9-7/h7H,3-6H2,1-2H3. The maximum absolute atomic E-state index is 2.40. The lowest BCUT2D eigenvalue weighted by molar-refractivity contribution is 0.389. The lowest BCUT2D eigenvalue weighted by atomic mass is 10.2. The molecule has 0 aromatic rings. The Morgan fingerprint density at radius 2 is 2.33 bits per heavy atom. The Labute approximate surface area is 61.8 Å². The van der Waals surface area contributed by atoms with E-state index in [4.69, 9.17) is 0 Å². The molecule has 0 aliphatic carbocycles. The summed E-state index contributed by atoms with van der Waals surface area (Å²) in [6, 6.07) is 0. The van der Waals surface area contributed by atoms with E-state index in [9.17, 15) is 0 Å². The molecule has 1 fully saturated rings. The third-order valence-electron chi connectivity index (χ3n) is 1.73. The first kappa shape index (κ1) is 7.42. The van der Waals surface area contributed by atoms with Gasteiger partial charge in [0, 0.05) is 11.1 Å². The summed E-state index contributed by atoms with van der Waals surface area (Å²) in [6.07, 6.45) is 2.78. The van der Waals surface area contributed by atoms with Crippen molar-refractivity contribution >= 4 is 11.8 Å². The summed E-state index contributed by atoms with van der Waals surface area (Å²) in [5, 5.41) is 0.884. The van der Waals surface area contributed by atoms with Crippen LogP contribution in [0.3, 0.4) is 0 Å². The molecule has 1 saturated heterocycles. The van der Waals surface area contributed by atoms with Gasteiger partial charge in [-0.2, -0.15) is 0 Å². The van der Waals surface area contributed by atoms with Crippen LogP contribution in [-0.2, 0) is 0 Å². The maximum atomic E-state index is 2.40. The fourth-order valence-electron chi connectivity index (χ4n) is 1.05. The molecule has 9 heavy (non-hydrogen) atoms. The molecule has 2 heteroatoms. The summed E-state index contributed by atoms with van der Waals surface area (Å²) in [5.41, 5.74) is 0. The molecule has 0 bridgehead atoms. The minimum atomic E-state index is 0.884. The van der Waals surface area contributed by atoms with Gasteiger partial charge in [0.25, 0.3) is 0 Å². The van der Waals surface area contributed by atoms with Crippen molar-refractivity contribution < 1.29 is 0 Å². The van der Waals surface area contributed by atoms with E-state index in [1.54, 1.807) is 0 Å². The normalized spacial score (nSPS) is 32.0. The van der Waals surface area contributed by atoms with Gasteiger partial charge in [0.15, 0.2) is 0 Å². The zero-order chi connectivity index (χ0) is 6.69. The van der Waals surface area contributed by atoms with Crippen LogP contribution in [0.2, 0.25) is 0 Å². The first-order valence-corrected chi connectivity index (χ1v) is 4.64. The fourth-order valence-corrected chi connectivity index (χ4v) is 2.02. The third kappa shape index (κ3) is 2.59. The molecule has 1 nitrogen and oxygen atoms in total. The van der Waals surface area contributed by atoms with Crippen molar-refractivity contribution in [1.82, 2.24) is 4.90 Å². The highest BCUT2D eigenvalue weighted by atomic mass is 32.2. The third-order valence-corrected chi connectivity index (χ3v) is 3.12. The molecular weight excluding hydrogens is 130 g/mol. The average Bonchev–Trinajstić information content (AvgIpc) is 1.97. The van der Waals surface area contributed by atoms with Gasteiger partial charge >= 0.3 is 0 Å². The first-order valence-electron chi connectivity index (χ1n) is 3.59. The Hall–Kier alpha value is 0.310. The second-order valence-electron chi connectivity index (χ2n) is 2.83. The molecule has 0 radical (unpaired) electrons. The minimum Gasteiger partial charge on any atom is -0.297 e. The Morgan fingerprint density at radius 3 is 3.11 bits per heavy atom. The summed E-state index contributed by atoms with van der Waals surface area (Å²) in [4.78, 5) is 2.40. The molecular formula is C7H15NS. The van der Waals surface area contributed by atoms with Crippen molar-refractivity contribution in [3.63, 3.8) is 0 Å². The van der Waals surface area contributed by atoms with Crippen LogP contribution in [0.5, 0.6) is 0 Å². The van der Waals surface area contributed by atoms with E-state index in [1.165, 1.54) is 25.3 Å². The second-order valence-corrected chi connectivity index (χ2v) is 4.22. The van der Waals surface area contributed by atoms with Gasteiger partial charge in [-0.3, -0.25) is 4.90 Å². The zero-order valence-electron chi connectivity index (χ0n) is 6.26. The number of thioether (sulfide) groups is 1.